The smallest absolute Gasteiger partial charge is 0.343 e. The summed E-state index contributed by atoms with van der Waals surface area (Å²) in [5.41, 5.74) is 3.36. The molecule has 7 nitrogen and oxygen atoms in total. The standard InChI is InChI=1S/C30H27BrN2O5/c1-3-16-36-26-12-9-22(10-13-26)30(35)38-28-15-11-25(31)17-24(28)19-32-33-29(34)20(2)37-27-14-8-21-6-4-5-7-23(21)18-27/h4-15,17-20H,3,16H2,1-2H3,(H,33,34)/b32-19-/t20-/m0/s1. The van der Waals surface area contributed by atoms with Crippen molar-refractivity contribution in [3.05, 3.63) is 101 Å². The first kappa shape index (κ1) is 26.9. The van der Waals surface area contributed by atoms with Crippen LogP contribution in [0.15, 0.2) is 94.5 Å². The van der Waals surface area contributed by atoms with Crippen LogP contribution in [0.25, 0.3) is 10.8 Å². The molecule has 1 atom stereocenters. The lowest BCUT2D eigenvalue weighted by atomic mass is 10.1. The van der Waals surface area contributed by atoms with Gasteiger partial charge in [-0.2, -0.15) is 5.10 Å². The number of hydrogen-bond acceptors (Lipinski definition) is 6. The van der Waals surface area contributed by atoms with Gasteiger partial charge in [-0.1, -0.05) is 53.2 Å². The number of fused-ring (bicyclic) bond motifs is 1. The molecule has 4 rings (SSSR count). The van der Waals surface area contributed by atoms with E-state index in [1.165, 1.54) is 6.21 Å². The molecule has 0 saturated carbocycles. The molecule has 0 radical (unpaired) electrons. The Kier molecular flexibility index (Phi) is 9.11. The molecule has 4 aromatic rings. The van der Waals surface area contributed by atoms with Gasteiger partial charge in [-0.15, -0.1) is 0 Å². The number of nitrogens with one attached hydrogen (secondary N) is 1. The molecule has 4 aromatic carbocycles. The molecule has 0 unspecified atom stereocenters. The summed E-state index contributed by atoms with van der Waals surface area (Å²) in [5.74, 6) is 0.623. The first-order valence-electron chi connectivity index (χ1n) is 12.2. The molecule has 0 aliphatic carbocycles. The van der Waals surface area contributed by atoms with Gasteiger partial charge in [0, 0.05) is 10.0 Å². The Morgan fingerprint density at radius 2 is 1.68 bits per heavy atom. The number of nitrogens with zero attached hydrogens (tertiary/aromatic N) is 1. The van der Waals surface area contributed by atoms with Crippen molar-refractivity contribution >= 4 is 44.8 Å². The van der Waals surface area contributed by atoms with E-state index in [9.17, 15) is 9.59 Å². The average molecular weight is 575 g/mol. The highest BCUT2D eigenvalue weighted by Crippen LogP contribution is 2.24. The summed E-state index contributed by atoms with van der Waals surface area (Å²) in [6.45, 7) is 4.28. The second-order valence-corrected chi connectivity index (χ2v) is 9.36. The van der Waals surface area contributed by atoms with Crippen LogP contribution in [0, 0.1) is 0 Å². The lowest BCUT2D eigenvalue weighted by Crippen LogP contribution is -2.33. The first-order chi connectivity index (χ1) is 18.4. The van der Waals surface area contributed by atoms with E-state index < -0.39 is 18.0 Å². The molecule has 0 saturated heterocycles. The van der Waals surface area contributed by atoms with Crippen molar-refractivity contribution in [1.29, 1.82) is 0 Å². The quantitative estimate of drug-likeness (QED) is 0.101. The fourth-order valence-corrected chi connectivity index (χ4v) is 3.91. The second kappa shape index (κ2) is 12.9. The van der Waals surface area contributed by atoms with Crippen molar-refractivity contribution in [3.63, 3.8) is 0 Å². The van der Waals surface area contributed by atoms with Gasteiger partial charge in [-0.25, -0.2) is 10.2 Å². The molecule has 0 fully saturated rings. The summed E-state index contributed by atoms with van der Waals surface area (Å²) in [6, 6.07) is 25.4. The third-order valence-electron chi connectivity index (χ3n) is 5.52. The maximum absolute atomic E-state index is 12.7. The minimum atomic E-state index is -0.780. The third kappa shape index (κ3) is 7.20. The number of hydrazone groups is 1. The van der Waals surface area contributed by atoms with Gasteiger partial charge in [0.15, 0.2) is 6.10 Å². The average Bonchev–Trinajstić information content (AvgIpc) is 2.93. The number of benzene rings is 4. The zero-order chi connectivity index (χ0) is 26.9. The SMILES string of the molecule is CCCOc1ccc(C(=O)Oc2ccc(Br)cc2/C=N\NC(=O)[C@H](C)Oc2ccc3ccccc3c2)cc1. The van der Waals surface area contributed by atoms with Gasteiger partial charge in [-0.3, -0.25) is 4.79 Å². The Hall–Kier alpha value is -4.17. The number of halogens is 1. The molecule has 194 valence electrons. The Bertz CT molecular complexity index is 1450. The maximum atomic E-state index is 12.7. The molecular weight excluding hydrogens is 548 g/mol. The second-order valence-electron chi connectivity index (χ2n) is 8.45. The van der Waals surface area contributed by atoms with Crippen molar-refractivity contribution in [2.24, 2.45) is 5.10 Å². The minimum Gasteiger partial charge on any atom is -0.494 e. The Labute approximate surface area is 229 Å². The van der Waals surface area contributed by atoms with Gasteiger partial charge in [0.1, 0.15) is 17.2 Å². The van der Waals surface area contributed by atoms with E-state index >= 15 is 0 Å². The number of carbonyl (C=O) groups is 2. The van der Waals surface area contributed by atoms with Crippen LogP contribution in [0.5, 0.6) is 17.2 Å². The van der Waals surface area contributed by atoms with Gasteiger partial charge in [-0.05, 0) is 78.7 Å². The van der Waals surface area contributed by atoms with Crippen molar-refractivity contribution in [3.8, 4) is 17.2 Å². The van der Waals surface area contributed by atoms with E-state index in [2.05, 4.69) is 26.5 Å². The van der Waals surface area contributed by atoms with Crippen LogP contribution < -0.4 is 19.6 Å². The lowest BCUT2D eigenvalue weighted by molar-refractivity contribution is -0.127. The molecule has 38 heavy (non-hydrogen) atoms. The van der Waals surface area contributed by atoms with Crippen LogP contribution in [0.2, 0.25) is 0 Å². The van der Waals surface area contributed by atoms with Crippen LogP contribution >= 0.6 is 15.9 Å². The summed E-state index contributed by atoms with van der Waals surface area (Å²) < 4.78 is 17.7. The number of amides is 1. The summed E-state index contributed by atoms with van der Waals surface area (Å²) in [4.78, 5) is 25.3. The zero-order valence-corrected chi connectivity index (χ0v) is 22.6. The number of rotatable bonds is 10. The topological polar surface area (TPSA) is 86.2 Å². The van der Waals surface area contributed by atoms with Gasteiger partial charge in [0.25, 0.3) is 5.91 Å². The molecule has 0 aliphatic heterocycles. The number of esters is 1. The highest BCUT2D eigenvalue weighted by Gasteiger charge is 2.15. The summed E-state index contributed by atoms with van der Waals surface area (Å²) in [6.07, 6.45) is 1.53. The highest BCUT2D eigenvalue weighted by atomic mass is 79.9. The summed E-state index contributed by atoms with van der Waals surface area (Å²) >= 11 is 3.41. The number of ether oxygens (including phenoxy) is 3. The third-order valence-corrected chi connectivity index (χ3v) is 6.01. The van der Waals surface area contributed by atoms with Crippen molar-refractivity contribution in [1.82, 2.24) is 5.43 Å². The van der Waals surface area contributed by atoms with E-state index in [0.717, 1.165) is 21.7 Å². The zero-order valence-electron chi connectivity index (χ0n) is 21.0. The summed E-state index contributed by atoms with van der Waals surface area (Å²) in [5, 5.41) is 6.15. The summed E-state index contributed by atoms with van der Waals surface area (Å²) in [7, 11) is 0. The number of hydrogen-bond donors (Lipinski definition) is 1. The lowest BCUT2D eigenvalue weighted by Gasteiger charge is -2.13. The fourth-order valence-electron chi connectivity index (χ4n) is 3.53. The molecule has 1 amide bonds. The van der Waals surface area contributed by atoms with Gasteiger partial charge in [0.05, 0.1) is 18.4 Å². The molecule has 0 aliphatic rings. The van der Waals surface area contributed by atoms with Crippen LogP contribution in [-0.4, -0.2) is 30.8 Å². The predicted octanol–water partition coefficient (Wildman–Crippen LogP) is 6.53. The highest BCUT2D eigenvalue weighted by molar-refractivity contribution is 9.10. The van der Waals surface area contributed by atoms with Crippen molar-refractivity contribution < 1.29 is 23.8 Å². The van der Waals surface area contributed by atoms with E-state index in [1.54, 1.807) is 49.4 Å². The maximum Gasteiger partial charge on any atom is 0.343 e. The van der Waals surface area contributed by atoms with Gasteiger partial charge >= 0.3 is 5.97 Å². The van der Waals surface area contributed by atoms with E-state index in [4.69, 9.17) is 14.2 Å². The largest absolute Gasteiger partial charge is 0.494 e. The molecule has 0 heterocycles. The van der Waals surface area contributed by atoms with Gasteiger partial charge in [0.2, 0.25) is 0 Å². The predicted molar refractivity (Wildman–Crippen MR) is 151 cm³/mol. The van der Waals surface area contributed by atoms with Crippen molar-refractivity contribution in [2.75, 3.05) is 6.61 Å². The van der Waals surface area contributed by atoms with Crippen LogP contribution in [0.1, 0.15) is 36.2 Å². The molecule has 1 N–H and O–H groups in total. The molecular formula is C30H27BrN2O5. The Morgan fingerprint density at radius 1 is 0.947 bits per heavy atom. The van der Waals surface area contributed by atoms with Crippen LogP contribution in [-0.2, 0) is 4.79 Å². The molecule has 0 bridgehead atoms. The fraction of sp³-hybridized carbons (Fsp3) is 0.167. The molecule has 0 spiro atoms. The van der Waals surface area contributed by atoms with Crippen LogP contribution in [0.3, 0.4) is 0 Å². The Balaban J connectivity index is 1.38. The normalized spacial score (nSPS) is 11.8. The molecule has 0 aromatic heterocycles. The van der Waals surface area contributed by atoms with Gasteiger partial charge < -0.3 is 14.2 Å². The van der Waals surface area contributed by atoms with Crippen molar-refractivity contribution in [2.45, 2.75) is 26.4 Å². The monoisotopic (exact) mass is 574 g/mol. The number of carbonyl (C=O) groups excluding carboxylic acids is 2. The first-order valence-corrected chi connectivity index (χ1v) is 12.9. The minimum absolute atomic E-state index is 0.294. The van der Waals surface area contributed by atoms with E-state index in [-0.39, 0.29) is 0 Å². The Morgan fingerprint density at radius 3 is 2.45 bits per heavy atom. The van der Waals surface area contributed by atoms with E-state index in [0.29, 0.717) is 35.0 Å². The van der Waals surface area contributed by atoms with Crippen LogP contribution in [0.4, 0.5) is 0 Å². The van der Waals surface area contributed by atoms with E-state index in [1.807, 2.05) is 49.4 Å². The molecule has 8 heteroatoms.